The number of pyridine rings is 1. The van der Waals surface area contributed by atoms with Gasteiger partial charge >= 0.3 is 0 Å². The molecule has 29 heavy (non-hydrogen) atoms. The lowest BCUT2D eigenvalue weighted by Crippen LogP contribution is -2.20. The third kappa shape index (κ3) is 5.70. The van der Waals surface area contributed by atoms with Crippen molar-refractivity contribution in [1.82, 2.24) is 10.3 Å². The fourth-order valence-electron chi connectivity index (χ4n) is 2.40. The highest BCUT2D eigenvalue weighted by Gasteiger charge is 2.07. The Morgan fingerprint density at radius 3 is 2.66 bits per heavy atom. The highest BCUT2D eigenvalue weighted by atomic mass is 19.1. The largest absolute Gasteiger partial charge is 0.453 e. The molecule has 146 valence electrons. The van der Waals surface area contributed by atoms with Gasteiger partial charge in [-0.05, 0) is 53.6 Å². The molecule has 8 heteroatoms. The van der Waals surface area contributed by atoms with E-state index in [-0.39, 0.29) is 23.9 Å². The SMILES string of the molecule is O=C(C=Cc1ccc([N+](=O)[O-])cc1)NCc1ccc(Oc2cccnc2)c(F)c1. The molecule has 1 heterocycles. The van der Waals surface area contributed by atoms with E-state index in [1.807, 2.05) is 0 Å². The van der Waals surface area contributed by atoms with Crippen LogP contribution in [0.25, 0.3) is 6.08 Å². The van der Waals surface area contributed by atoms with E-state index in [4.69, 9.17) is 4.74 Å². The minimum absolute atomic E-state index is 0.0235. The van der Waals surface area contributed by atoms with Crippen LogP contribution in [0.2, 0.25) is 0 Å². The first-order chi connectivity index (χ1) is 14.0. The van der Waals surface area contributed by atoms with Gasteiger partial charge in [-0.1, -0.05) is 6.07 Å². The van der Waals surface area contributed by atoms with Crippen LogP contribution >= 0.6 is 0 Å². The Balaban J connectivity index is 1.54. The molecule has 0 radical (unpaired) electrons. The van der Waals surface area contributed by atoms with Crippen LogP contribution in [0.15, 0.2) is 73.1 Å². The number of hydrogen-bond acceptors (Lipinski definition) is 5. The number of ether oxygens (including phenoxy) is 1. The molecule has 0 unspecified atom stereocenters. The van der Waals surface area contributed by atoms with Gasteiger partial charge in [-0.25, -0.2) is 4.39 Å². The average molecular weight is 393 g/mol. The number of nitrogens with zero attached hydrogens (tertiary/aromatic N) is 2. The molecule has 0 saturated heterocycles. The summed E-state index contributed by atoms with van der Waals surface area (Å²) >= 11 is 0. The van der Waals surface area contributed by atoms with Gasteiger partial charge in [-0.15, -0.1) is 0 Å². The number of non-ortho nitro benzene ring substituents is 1. The number of halogens is 1. The molecule has 0 saturated carbocycles. The number of nitro benzene ring substituents is 1. The molecule has 7 nitrogen and oxygen atoms in total. The number of amides is 1. The summed E-state index contributed by atoms with van der Waals surface area (Å²) < 4.78 is 19.6. The van der Waals surface area contributed by atoms with Crippen LogP contribution in [-0.2, 0) is 11.3 Å². The molecular formula is C21H16FN3O4. The Morgan fingerprint density at radius 1 is 1.21 bits per heavy atom. The third-order valence-electron chi connectivity index (χ3n) is 3.86. The Hall–Kier alpha value is -4.07. The molecule has 0 spiro atoms. The Bertz CT molecular complexity index is 1040. The highest BCUT2D eigenvalue weighted by Crippen LogP contribution is 2.24. The van der Waals surface area contributed by atoms with Crippen LogP contribution in [0, 0.1) is 15.9 Å². The number of nitrogens with one attached hydrogen (secondary N) is 1. The fourth-order valence-corrected chi connectivity index (χ4v) is 2.40. The van der Waals surface area contributed by atoms with E-state index in [9.17, 15) is 19.3 Å². The number of carbonyl (C=O) groups is 1. The Morgan fingerprint density at radius 2 is 2.00 bits per heavy atom. The van der Waals surface area contributed by atoms with Crippen LogP contribution in [0.5, 0.6) is 11.5 Å². The summed E-state index contributed by atoms with van der Waals surface area (Å²) in [5.74, 6) is -0.448. The molecule has 0 fully saturated rings. The molecule has 1 amide bonds. The average Bonchev–Trinajstić information content (AvgIpc) is 2.73. The summed E-state index contributed by atoms with van der Waals surface area (Å²) in [4.78, 5) is 26.0. The van der Waals surface area contributed by atoms with Crippen molar-refractivity contribution >= 4 is 17.7 Å². The zero-order valence-electron chi connectivity index (χ0n) is 15.1. The molecule has 1 N–H and O–H groups in total. The van der Waals surface area contributed by atoms with E-state index in [0.29, 0.717) is 16.9 Å². The van der Waals surface area contributed by atoms with Crippen LogP contribution < -0.4 is 10.1 Å². The lowest BCUT2D eigenvalue weighted by molar-refractivity contribution is -0.384. The normalized spacial score (nSPS) is 10.7. The van der Waals surface area contributed by atoms with E-state index < -0.39 is 10.7 Å². The van der Waals surface area contributed by atoms with Crippen LogP contribution in [0.3, 0.4) is 0 Å². The van der Waals surface area contributed by atoms with Gasteiger partial charge < -0.3 is 10.1 Å². The summed E-state index contributed by atoms with van der Waals surface area (Å²) in [5, 5.41) is 13.3. The maximum atomic E-state index is 14.2. The van der Waals surface area contributed by atoms with Crippen LogP contribution in [0.1, 0.15) is 11.1 Å². The second kappa shape index (κ2) is 9.23. The first kappa shape index (κ1) is 19.7. The van der Waals surface area contributed by atoms with E-state index in [0.717, 1.165) is 0 Å². The molecule has 0 bridgehead atoms. The summed E-state index contributed by atoms with van der Waals surface area (Å²) in [6.45, 7) is 0.132. The molecule has 0 atom stereocenters. The predicted octanol–water partition coefficient (Wildman–Crippen LogP) is 4.25. The van der Waals surface area contributed by atoms with E-state index >= 15 is 0 Å². The fraction of sp³-hybridized carbons (Fsp3) is 0.0476. The van der Waals surface area contributed by atoms with Crippen molar-refractivity contribution in [2.75, 3.05) is 0 Å². The number of nitro groups is 1. The lowest BCUT2D eigenvalue weighted by atomic mass is 10.2. The molecule has 3 aromatic rings. The van der Waals surface area contributed by atoms with Crippen molar-refractivity contribution in [3.05, 3.63) is 100 Å². The molecule has 0 aliphatic rings. The van der Waals surface area contributed by atoms with Crippen LogP contribution in [-0.4, -0.2) is 15.8 Å². The van der Waals surface area contributed by atoms with Gasteiger partial charge in [0.15, 0.2) is 11.6 Å². The summed E-state index contributed by atoms with van der Waals surface area (Å²) in [5.41, 5.74) is 1.19. The third-order valence-corrected chi connectivity index (χ3v) is 3.86. The topological polar surface area (TPSA) is 94.4 Å². The quantitative estimate of drug-likeness (QED) is 0.368. The van der Waals surface area contributed by atoms with Gasteiger partial charge in [0, 0.05) is 31.0 Å². The van der Waals surface area contributed by atoms with Gasteiger partial charge in [-0.3, -0.25) is 19.9 Å². The van der Waals surface area contributed by atoms with Crippen molar-refractivity contribution < 1.29 is 18.8 Å². The second-order valence-electron chi connectivity index (χ2n) is 5.96. The van der Waals surface area contributed by atoms with Crippen molar-refractivity contribution in [1.29, 1.82) is 0 Å². The van der Waals surface area contributed by atoms with Crippen molar-refractivity contribution in [2.24, 2.45) is 0 Å². The summed E-state index contributed by atoms with van der Waals surface area (Å²) in [6.07, 6.45) is 5.90. The van der Waals surface area contributed by atoms with Gasteiger partial charge in [0.05, 0.1) is 11.1 Å². The first-order valence-corrected chi connectivity index (χ1v) is 8.58. The lowest BCUT2D eigenvalue weighted by Gasteiger charge is -2.08. The number of carbonyl (C=O) groups excluding carboxylic acids is 1. The predicted molar refractivity (Wildman–Crippen MR) is 105 cm³/mol. The molecule has 3 rings (SSSR count). The smallest absolute Gasteiger partial charge is 0.269 e. The monoisotopic (exact) mass is 393 g/mol. The molecule has 0 aliphatic heterocycles. The molecule has 2 aromatic carbocycles. The Kier molecular flexibility index (Phi) is 6.26. The summed E-state index contributed by atoms with van der Waals surface area (Å²) in [6, 6.07) is 13.6. The van der Waals surface area contributed by atoms with Crippen molar-refractivity contribution in [2.45, 2.75) is 6.54 Å². The van der Waals surface area contributed by atoms with Gasteiger partial charge in [0.1, 0.15) is 5.75 Å². The van der Waals surface area contributed by atoms with Crippen LogP contribution in [0.4, 0.5) is 10.1 Å². The molecular weight excluding hydrogens is 377 g/mol. The first-order valence-electron chi connectivity index (χ1n) is 8.58. The zero-order chi connectivity index (χ0) is 20.6. The maximum Gasteiger partial charge on any atom is 0.269 e. The van der Waals surface area contributed by atoms with E-state index in [1.54, 1.807) is 24.4 Å². The minimum Gasteiger partial charge on any atom is -0.453 e. The van der Waals surface area contributed by atoms with Gasteiger partial charge in [0.2, 0.25) is 5.91 Å². The minimum atomic E-state index is -0.554. The standard InChI is InChI=1S/C21H16FN3O4/c22-19-12-16(5-9-20(19)29-18-2-1-11-23-14-18)13-24-21(26)10-6-15-3-7-17(8-4-15)25(27)28/h1-12,14H,13H2,(H,24,26). The van der Waals surface area contributed by atoms with E-state index in [2.05, 4.69) is 10.3 Å². The maximum absolute atomic E-state index is 14.2. The second-order valence-corrected chi connectivity index (χ2v) is 5.96. The Labute approximate surface area is 165 Å². The number of rotatable bonds is 7. The highest BCUT2D eigenvalue weighted by molar-refractivity contribution is 5.91. The summed E-state index contributed by atoms with van der Waals surface area (Å²) in [7, 11) is 0. The zero-order valence-corrected chi connectivity index (χ0v) is 15.1. The van der Waals surface area contributed by atoms with E-state index in [1.165, 1.54) is 54.7 Å². The number of aromatic nitrogens is 1. The van der Waals surface area contributed by atoms with Gasteiger partial charge in [0.25, 0.3) is 5.69 Å². The number of benzene rings is 2. The molecule has 0 aliphatic carbocycles. The number of hydrogen-bond donors (Lipinski definition) is 1. The van der Waals surface area contributed by atoms with Crippen molar-refractivity contribution in [3.8, 4) is 11.5 Å². The van der Waals surface area contributed by atoms with Gasteiger partial charge in [-0.2, -0.15) is 0 Å². The molecule has 1 aromatic heterocycles. The van der Waals surface area contributed by atoms with Crippen molar-refractivity contribution in [3.63, 3.8) is 0 Å².